The molecule has 0 aliphatic rings. The molecular formula is C11H12N2O2. The van der Waals surface area contributed by atoms with Gasteiger partial charge in [-0.2, -0.15) is 5.10 Å². The number of aryl methyl sites for hydroxylation is 1. The average molecular weight is 204 g/mol. The van der Waals surface area contributed by atoms with E-state index in [1.54, 1.807) is 29.3 Å². The topological polar surface area (TPSA) is 48.0 Å². The number of aromatic nitrogens is 2. The monoisotopic (exact) mass is 204 g/mol. The molecule has 0 saturated heterocycles. The highest BCUT2D eigenvalue weighted by molar-refractivity contribution is 5.83. The maximum atomic E-state index is 10.8. The van der Waals surface area contributed by atoms with E-state index in [9.17, 15) is 4.79 Å². The Morgan fingerprint density at radius 2 is 2.47 bits per heavy atom. The van der Waals surface area contributed by atoms with Gasteiger partial charge in [0.25, 0.3) is 0 Å². The first kappa shape index (κ1) is 9.71. The van der Waals surface area contributed by atoms with Gasteiger partial charge >= 0.3 is 0 Å². The summed E-state index contributed by atoms with van der Waals surface area (Å²) in [5.74, 6) is 0.631. The molecule has 0 aliphatic carbocycles. The minimum atomic E-state index is 0.568. The van der Waals surface area contributed by atoms with Crippen LogP contribution < -0.4 is 0 Å². The van der Waals surface area contributed by atoms with Crippen LogP contribution >= 0.6 is 0 Å². The Labute approximate surface area is 87.5 Å². The van der Waals surface area contributed by atoms with E-state index < -0.39 is 0 Å². The quantitative estimate of drug-likeness (QED) is 0.718. The van der Waals surface area contributed by atoms with Gasteiger partial charge in [-0.3, -0.25) is 9.48 Å². The number of aldehydes is 1. The number of furan rings is 1. The Hall–Kier alpha value is -1.84. The minimum Gasteiger partial charge on any atom is -0.463 e. The summed E-state index contributed by atoms with van der Waals surface area (Å²) in [5, 5.41) is 4.30. The Morgan fingerprint density at radius 1 is 1.60 bits per heavy atom. The van der Waals surface area contributed by atoms with Crippen molar-refractivity contribution in [2.45, 2.75) is 19.9 Å². The van der Waals surface area contributed by atoms with Gasteiger partial charge in [-0.15, -0.1) is 0 Å². The van der Waals surface area contributed by atoms with Crippen LogP contribution in [-0.2, 0) is 6.54 Å². The molecule has 4 nitrogen and oxygen atoms in total. The van der Waals surface area contributed by atoms with E-state index in [1.165, 1.54) is 0 Å². The first-order chi connectivity index (χ1) is 7.35. The van der Waals surface area contributed by atoms with Gasteiger partial charge in [0.2, 0.25) is 0 Å². The third-order valence-corrected chi connectivity index (χ3v) is 2.12. The average Bonchev–Trinajstić information content (AvgIpc) is 2.84. The second-order valence-corrected chi connectivity index (χ2v) is 3.29. The van der Waals surface area contributed by atoms with Crippen molar-refractivity contribution < 1.29 is 9.21 Å². The molecule has 15 heavy (non-hydrogen) atoms. The van der Waals surface area contributed by atoms with Crippen molar-refractivity contribution in [3.8, 4) is 11.5 Å². The number of hydrogen-bond donors (Lipinski definition) is 0. The summed E-state index contributed by atoms with van der Waals surface area (Å²) in [6.07, 6.45) is 5.10. The maximum absolute atomic E-state index is 10.8. The first-order valence-corrected chi connectivity index (χ1v) is 4.91. The third-order valence-electron chi connectivity index (χ3n) is 2.12. The van der Waals surface area contributed by atoms with Gasteiger partial charge in [0, 0.05) is 12.7 Å². The minimum absolute atomic E-state index is 0.568. The first-order valence-electron chi connectivity index (χ1n) is 4.91. The third kappa shape index (κ3) is 1.83. The lowest BCUT2D eigenvalue weighted by atomic mass is 10.2. The fraction of sp³-hybridized carbons (Fsp3) is 0.273. The van der Waals surface area contributed by atoms with Crippen LogP contribution in [0.1, 0.15) is 23.7 Å². The van der Waals surface area contributed by atoms with Gasteiger partial charge < -0.3 is 4.42 Å². The fourth-order valence-corrected chi connectivity index (χ4v) is 1.47. The zero-order valence-corrected chi connectivity index (χ0v) is 8.51. The SMILES string of the molecule is CCCn1cc(C=O)c(-c2ccco2)n1. The van der Waals surface area contributed by atoms with E-state index in [4.69, 9.17) is 4.42 Å². The van der Waals surface area contributed by atoms with Crippen LogP contribution in [0, 0.1) is 0 Å². The summed E-state index contributed by atoms with van der Waals surface area (Å²) in [4.78, 5) is 10.8. The fourth-order valence-electron chi connectivity index (χ4n) is 1.47. The summed E-state index contributed by atoms with van der Waals surface area (Å²) in [5.41, 5.74) is 1.18. The van der Waals surface area contributed by atoms with E-state index in [2.05, 4.69) is 12.0 Å². The van der Waals surface area contributed by atoms with Gasteiger partial charge in [-0.25, -0.2) is 0 Å². The summed E-state index contributed by atoms with van der Waals surface area (Å²) < 4.78 is 6.98. The normalized spacial score (nSPS) is 10.5. The number of rotatable bonds is 4. The number of carbonyl (C=O) groups excluding carboxylic acids is 1. The molecule has 0 aromatic carbocycles. The zero-order valence-electron chi connectivity index (χ0n) is 8.51. The summed E-state index contributed by atoms with van der Waals surface area (Å²) in [7, 11) is 0. The Kier molecular flexibility index (Phi) is 2.67. The predicted molar refractivity (Wildman–Crippen MR) is 55.6 cm³/mol. The molecule has 0 unspecified atom stereocenters. The van der Waals surface area contributed by atoms with Crippen molar-refractivity contribution in [1.82, 2.24) is 9.78 Å². The Bertz CT molecular complexity index is 443. The Balaban J connectivity index is 2.41. The highest BCUT2D eigenvalue weighted by atomic mass is 16.3. The van der Waals surface area contributed by atoms with Crippen molar-refractivity contribution in [2.24, 2.45) is 0 Å². The molecule has 0 bridgehead atoms. The van der Waals surface area contributed by atoms with Crippen LogP contribution in [0.5, 0.6) is 0 Å². The number of nitrogens with zero attached hydrogens (tertiary/aromatic N) is 2. The molecule has 2 rings (SSSR count). The van der Waals surface area contributed by atoms with Crippen LogP contribution in [0.4, 0.5) is 0 Å². The molecule has 0 N–H and O–H groups in total. The molecule has 0 saturated carbocycles. The van der Waals surface area contributed by atoms with Gasteiger partial charge in [0.05, 0.1) is 11.8 Å². The van der Waals surface area contributed by atoms with Crippen LogP contribution in [0.25, 0.3) is 11.5 Å². The van der Waals surface area contributed by atoms with E-state index in [0.717, 1.165) is 19.3 Å². The van der Waals surface area contributed by atoms with Crippen LogP contribution in [-0.4, -0.2) is 16.1 Å². The van der Waals surface area contributed by atoms with Crippen LogP contribution in [0.15, 0.2) is 29.0 Å². The molecular weight excluding hydrogens is 192 g/mol. The molecule has 0 spiro atoms. The number of hydrogen-bond acceptors (Lipinski definition) is 3. The van der Waals surface area contributed by atoms with Crippen molar-refractivity contribution in [2.75, 3.05) is 0 Å². The van der Waals surface area contributed by atoms with E-state index >= 15 is 0 Å². The maximum Gasteiger partial charge on any atom is 0.154 e. The van der Waals surface area contributed by atoms with Crippen LogP contribution in [0.2, 0.25) is 0 Å². The lowest BCUT2D eigenvalue weighted by molar-refractivity contribution is 0.112. The van der Waals surface area contributed by atoms with Crippen molar-refractivity contribution in [1.29, 1.82) is 0 Å². The highest BCUT2D eigenvalue weighted by Gasteiger charge is 2.12. The molecule has 2 heterocycles. The lowest BCUT2D eigenvalue weighted by Gasteiger charge is -1.94. The summed E-state index contributed by atoms with van der Waals surface area (Å²) in [6.45, 7) is 2.87. The van der Waals surface area contributed by atoms with Gasteiger partial charge in [-0.05, 0) is 18.6 Å². The predicted octanol–water partition coefficient (Wildman–Crippen LogP) is 2.37. The second-order valence-electron chi connectivity index (χ2n) is 3.29. The molecule has 0 atom stereocenters. The van der Waals surface area contributed by atoms with E-state index in [1.807, 2.05) is 0 Å². The molecule has 2 aromatic heterocycles. The Morgan fingerprint density at radius 3 is 3.07 bits per heavy atom. The second kappa shape index (κ2) is 4.13. The number of carbonyl (C=O) groups is 1. The van der Waals surface area contributed by atoms with Crippen molar-refractivity contribution >= 4 is 6.29 Å². The molecule has 0 amide bonds. The van der Waals surface area contributed by atoms with Gasteiger partial charge in [-0.1, -0.05) is 6.92 Å². The summed E-state index contributed by atoms with van der Waals surface area (Å²) in [6, 6.07) is 3.58. The van der Waals surface area contributed by atoms with Gasteiger partial charge in [0.1, 0.15) is 5.69 Å². The lowest BCUT2D eigenvalue weighted by Crippen LogP contribution is -1.96. The van der Waals surface area contributed by atoms with Crippen molar-refractivity contribution in [3.05, 3.63) is 30.2 Å². The molecule has 4 heteroatoms. The van der Waals surface area contributed by atoms with Crippen LogP contribution in [0.3, 0.4) is 0 Å². The molecule has 0 radical (unpaired) electrons. The van der Waals surface area contributed by atoms with Crippen molar-refractivity contribution in [3.63, 3.8) is 0 Å². The molecule has 0 fully saturated rings. The summed E-state index contributed by atoms with van der Waals surface area (Å²) >= 11 is 0. The van der Waals surface area contributed by atoms with E-state index in [0.29, 0.717) is 17.0 Å². The largest absolute Gasteiger partial charge is 0.463 e. The highest BCUT2D eigenvalue weighted by Crippen LogP contribution is 2.21. The smallest absolute Gasteiger partial charge is 0.154 e. The standard InChI is InChI=1S/C11H12N2O2/c1-2-5-13-7-9(8-14)11(12-13)10-4-3-6-15-10/h3-4,6-8H,2,5H2,1H3. The van der Waals surface area contributed by atoms with E-state index in [-0.39, 0.29) is 0 Å². The zero-order chi connectivity index (χ0) is 10.7. The molecule has 0 aliphatic heterocycles. The molecule has 78 valence electrons. The molecule has 2 aromatic rings. The van der Waals surface area contributed by atoms with Gasteiger partial charge in [0.15, 0.2) is 12.0 Å².